The molecule has 0 heterocycles. The molecule has 0 aliphatic carbocycles. The lowest BCUT2D eigenvalue weighted by Crippen LogP contribution is -1.63. The number of hydrogen-bond donors (Lipinski definition) is 0. The molecule has 0 radical (unpaired) electrons. The molecule has 0 saturated heterocycles. The molecule has 0 bridgehead atoms. The first-order valence-electron chi connectivity index (χ1n) is 2.41. The lowest BCUT2D eigenvalue weighted by molar-refractivity contribution is 0.884. The van der Waals surface area contributed by atoms with Crippen LogP contribution in [0.4, 0.5) is 0 Å². The average Bonchev–Trinajstić information content (AvgIpc) is 1.41. The van der Waals surface area contributed by atoms with Crippen LogP contribution < -0.4 is 0 Å². The number of hydrogen-bond acceptors (Lipinski definition) is 0. The van der Waals surface area contributed by atoms with Crippen molar-refractivity contribution < 1.29 is 0 Å². The van der Waals surface area contributed by atoms with Crippen molar-refractivity contribution in [3.8, 4) is 0 Å². The zero-order valence-corrected chi connectivity index (χ0v) is 9.80. The third kappa shape index (κ3) is 27.6. The van der Waals surface area contributed by atoms with Gasteiger partial charge in [0.25, 0.3) is 0 Å². The molecule has 0 aliphatic heterocycles. The molecule has 56 valence electrons. The summed E-state index contributed by atoms with van der Waals surface area (Å²) in [6, 6.07) is 1.48. The lowest BCUT2D eigenvalue weighted by atomic mass is 10.4. The van der Waals surface area contributed by atoms with Gasteiger partial charge in [0.15, 0.2) is 0 Å². The molecule has 0 amide bonds. The highest BCUT2D eigenvalue weighted by molar-refractivity contribution is 6.08. The van der Waals surface area contributed by atoms with Gasteiger partial charge in [-0.15, -0.1) is 37.2 Å². The standard InChI is InChI=1S/C4H12Si.3ClH/c1-2-3-4-5;;;/h2-4H2,1,5H3;3*1H. The van der Waals surface area contributed by atoms with Gasteiger partial charge in [0, 0.05) is 10.2 Å². The average molecular weight is 198 g/mol. The van der Waals surface area contributed by atoms with Gasteiger partial charge in [0.05, 0.1) is 0 Å². The number of halogens is 3. The van der Waals surface area contributed by atoms with Gasteiger partial charge in [-0.25, -0.2) is 0 Å². The fourth-order valence-corrected chi connectivity index (χ4v) is 1.06. The van der Waals surface area contributed by atoms with Crippen molar-refractivity contribution in [3.05, 3.63) is 0 Å². The molecular weight excluding hydrogens is 182 g/mol. The Morgan fingerprint density at radius 1 is 1.12 bits per heavy atom. The van der Waals surface area contributed by atoms with Crippen molar-refractivity contribution in [2.75, 3.05) is 0 Å². The molecule has 8 heavy (non-hydrogen) atoms. The van der Waals surface area contributed by atoms with E-state index in [9.17, 15) is 0 Å². The second kappa shape index (κ2) is 24.3. The first-order valence-corrected chi connectivity index (χ1v) is 3.83. The maximum Gasteiger partial charge on any atom is 0.00279 e. The molecule has 0 fully saturated rings. The normalized spacial score (nSPS) is 5.62. The summed E-state index contributed by atoms with van der Waals surface area (Å²) in [6.45, 7) is 2.23. The van der Waals surface area contributed by atoms with Gasteiger partial charge in [-0.3, -0.25) is 0 Å². The highest BCUT2D eigenvalue weighted by Gasteiger charge is 1.68. The van der Waals surface area contributed by atoms with Crippen molar-refractivity contribution in [1.29, 1.82) is 0 Å². The van der Waals surface area contributed by atoms with Crippen LogP contribution in [0.5, 0.6) is 0 Å². The first kappa shape index (κ1) is 23.0. The highest BCUT2D eigenvalue weighted by Crippen LogP contribution is 1.86. The Kier molecular flexibility index (Phi) is 69.8. The van der Waals surface area contributed by atoms with Crippen LogP contribution in [0.25, 0.3) is 0 Å². The molecule has 0 spiro atoms. The van der Waals surface area contributed by atoms with Gasteiger partial charge in [-0.1, -0.05) is 25.8 Å². The van der Waals surface area contributed by atoms with Crippen molar-refractivity contribution in [3.63, 3.8) is 0 Å². The summed E-state index contributed by atoms with van der Waals surface area (Å²) < 4.78 is 0. The van der Waals surface area contributed by atoms with Crippen LogP contribution in [-0.4, -0.2) is 10.2 Å². The molecule has 0 aromatic heterocycles. The molecule has 0 atom stereocenters. The first-order chi connectivity index (χ1) is 2.41. The van der Waals surface area contributed by atoms with E-state index < -0.39 is 0 Å². The van der Waals surface area contributed by atoms with Crippen LogP contribution in [0.2, 0.25) is 6.04 Å². The summed E-state index contributed by atoms with van der Waals surface area (Å²) in [6.07, 6.45) is 2.83. The van der Waals surface area contributed by atoms with E-state index in [0.29, 0.717) is 0 Å². The maximum absolute atomic E-state index is 2.23. The zero-order chi connectivity index (χ0) is 4.12. The molecular formula is C4H15Cl3Si. The van der Waals surface area contributed by atoms with E-state index in [-0.39, 0.29) is 37.2 Å². The van der Waals surface area contributed by atoms with E-state index in [1.807, 2.05) is 0 Å². The fraction of sp³-hybridized carbons (Fsp3) is 1.00. The predicted octanol–water partition coefficient (Wildman–Crippen LogP) is 1.84. The quantitative estimate of drug-likeness (QED) is 0.593. The summed E-state index contributed by atoms with van der Waals surface area (Å²) in [7, 11) is 1.40. The van der Waals surface area contributed by atoms with E-state index in [1.54, 1.807) is 0 Å². The van der Waals surface area contributed by atoms with E-state index in [0.717, 1.165) is 0 Å². The van der Waals surface area contributed by atoms with Gasteiger partial charge in [-0.05, 0) is 0 Å². The van der Waals surface area contributed by atoms with Gasteiger partial charge in [-0.2, -0.15) is 0 Å². The molecule has 0 aromatic rings. The molecule has 0 aliphatic rings. The highest BCUT2D eigenvalue weighted by atomic mass is 35.5. The molecule has 4 heteroatoms. The van der Waals surface area contributed by atoms with Crippen molar-refractivity contribution in [2.45, 2.75) is 25.8 Å². The Labute approximate surface area is 73.5 Å². The van der Waals surface area contributed by atoms with E-state index >= 15 is 0 Å². The third-order valence-corrected chi connectivity index (χ3v) is 1.41. The number of rotatable bonds is 2. The zero-order valence-electron chi connectivity index (χ0n) is 5.35. The van der Waals surface area contributed by atoms with Crippen LogP contribution in [0.1, 0.15) is 19.8 Å². The fourth-order valence-electron chi connectivity index (χ4n) is 0.354. The Morgan fingerprint density at radius 2 is 1.50 bits per heavy atom. The van der Waals surface area contributed by atoms with Gasteiger partial charge in [0.2, 0.25) is 0 Å². The smallest absolute Gasteiger partial charge is 0.00279 e. The molecule has 0 unspecified atom stereocenters. The predicted molar refractivity (Wildman–Crippen MR) is 51.4 cm³/mol. The summed E-state index contributed by atoms with van der Waals surface area (Å²) in [4.78, 5) is 0. The number of unbranched alkanes of at least 4 members (excludes halogenated alkanes) is 1. The van der Waals surface area contributed by atoms with E-state index in [2.05, 4.69) is 6.92 Å². The summed E-state index contributed by atoms with van der Waals surface area (Å²) in [5.41, 5.74) is 0. The second-order valence-corrected chi connectivity index (χ2v) is 2.35. The summed E-state index contributed by atoms with van der Waals surface area (Å²) >= 11 is 0. The van der Waals surface area contributed by atoms with E-state index in [4.69, 9.17) is 0 Å². The molecule has 0 nitrogen and oxygen atoms in total. The lowest BCUT2D eigenvalue weighted by Gasteiger charge is -1.79. The Morgan fingerprint density at radius 3 is 1.50 bits per heavy atom. The van der Waals surface area contributed by atoms with Crippen molar-refractivity contribution >= 4 is 47.5 Å². The van der Waals surface area contributed by atoms with Crippen molar-refractivity contribution in [1.82, 2.24) is 0 Å². The third-order valence-electron chi connectivity index (χ3n) is 0.707. The maximum atomic E-state index is 2.23. The molecule has 0 saturated carbocycles. The Hall–Kier alpha value is 1.09. The van der Waals surface area contributed by atoms with Crippen LogP contribution in [-0.2, 0) is 0 Å². The minimum Gasteiger partial charge on any atom is -0.147 e. The van der Waals surface area contributed by atoms with E-state index in [1.165, 1.54) is 29.1 Å². The largest absolute Gasteiger partial charge is 0.147 e. The summed E-state index contributed by atoms with van der Waals surface area (Å²) in [5, 5.41) is 0. The van der Waals surface area contributed by atoms with Crippen LogP contribution in [0.15, 0.2) is 0 Å². The van der Waals surface area contributed by atoms with Crippen LogP contribution >= 0.6 is 37.2 Å². The topological polar surface area (TPSA) is 0 Å². The molecule has 0 N–H and O–H groups in total. The monoisotopic (exact) mass is 196 g/mol. The minimum atomic E-state index is 0. The van der Waals surface area contributed by atoms with Gasteiger partial charge < -0.3 is 0 Å². The molecule has 0 aromatic carbocycles. The van der Waals surface area contributed by atoms with Crippen LogP contribution in [0, 0.1) is 0 Å². The SMILES string of the molecule is CCCC[SiH3].Cl.Cl.Cl. The van der Waals surface area contributed by atoms with Crippen molar-refractivity contribution in [2.24, 2.45) is 0 Å². The van der Waals surface area contributed by atoms with Gasteiger partial charge >= 0.3 is 0 Å². The van der Waals surface area contributed by atoms with Gasteiger partial charge in [0.1, 0.15) is 0 Å². The Balaban J connectivity index is -0.0000000267. The second-order valence-electron chi connectivity index (χ2n) is 1.35. The van der Waals surface area contributed by atoms with Crippen LogP contribution in [0.3, 0.4) is 0 Å². The Bertz CT molecular complexity index is 18.8. The minimum absolute atomic E-state index is 0. The molecule has 0 rings (SSSR count). The summed E-state index contributed by atoms with van der Waals surface area (Å²) in [5.74, 6) is 0.